The zero-order valence-electron chi connectivity index (χ0n) is 10.8. The zero-order chi connectivity index (χ0) is 13.0. The number of nitrogens with zero attached hydrogens (tertiary/aromatic N) is 2. The quantitative estimate of drug-likeness (QED) is 0.920. The summed E-state index contributed by atoms with van der Waals surface area (Å²) < 4.78 is 3.07. The molecular weight excluding hydrogens is 290 g/mol. The SMILES string of the molecule is CCc1cc(CNCc2ccc(Br)cc2)n(C)n1. The smallest absolute Gasteiger partial charge is 0.0625 e. The Balaban J connectivity index is 1.88. The third kappa shape index (κ3) is 3.43. The van der Waals surface area contributed by atoms with E-state index >= 15 is 0 Å². The molecule has 0 aliphatic rings. The lowest BCUT2D eigenvalue weighted by Crippen LogP contribution is -2.15. The third-order valence-electron chi connectivity index (χ3n) is 2.94. The molecule has 1 heterocycles. The summed E-state index contributed by atoms with van der Waals surface area (Å²) in [6.07, 6.45) is 0.987. The standard InChI is InChI=1S/C14H18BrN3/c1-3-13-8-14(18(2)17-13)10-16-9-11-4-6-12(15)7-5-11/h4-8,16H,3,9-10H2,1-2H3. The third-order valence-corrected chi connectivity index (χ3v) is 3.47. The lowest BCUT2D eigenvalue weighted by atomic mass is 10.2. The zero-order valence-corrected chi connectivity index (χ0v) is 12.4. The summed E-state index contributed by atoms with van der Waals surface area (Å²) in [5.74, 6) is 0. The van der Waals surface area contributed by atoms with E-state index in [-0.39, 0.29) is 0 Å². The van der Waals surface area contributed by atoms with Crippen LogP contribution in [0.25, 0.3) is 0 Å². The van der Waals surface area contributed by atoms with Crippen LogP contribution in [0.5, 0.6) is 0 Å². The van der Waals surface area contributed by atoms with Gasteiger partial charge in [0.15, 0.2) is 0 Å². The summed E-state index contributed by atoms with van der Waals surface area (Å²) in [5, 5.41) is 7.88. The fourth-order valence-corrected chi connectivity index (χ4v) is 2.11. The van der Waals surface area contributed by atoms with Crippen LogP contribution in [0.4, 0.5) is 0 Å². The Morgan fingerprint density at radius 3 is 2.56 bits per heavy atom. The maximum atomic E-state index is 4.44. The Kier molecular flexibility index (Phi) is 4.55. The Morgan fingerprint density at radius 1 is 1.22 bits per heavy atom. The molecule has 0 saturated heterocycles. The molecule has 0 aliphatic carbocycles. The second kappa shape index (κ2) is 6.16. The van der Waals surface area contributed by atoms with Gasteiger partial charge in [-0.05, 0) is 30.2 Å². The Hall–Kier alpha value is -1.13. The first kappa shape index (κ1) is 13.3. The Bertz CT molecular complexity index is 502. The number of hydrogen-bond donors (Lipinski definition) is 1. The maximum absolute atomic E-state index is 4.44. The number of aryl methyl sites for hydroxylation is 2. The number of halogens is 1. The van der Waals surface area contributed by atoms with Crippen LogP contribution < -0.4 is 5.32 Å². The minimum atomic E-state index is 0.847. The Labute approximate surface area is 116 Å². The topological polar surface area (TPSA) is 29.9 Å². The molecule has 18 heavy (non-hydrogen) atoms. The van der Waals surface area contributed by atoms with Crippen molar-refractivity contribution in [3.05, 3.63) is 51.8 Å². The molecule has 0 spiro atoms. The van der Waals surface area contributed by atoms with Gasteiger partial charge in [-0.3, -0.25) is 4.68 Å². The fourth-order valence-electron chi connectivity index (χ4n) is 1.85. The van der Waals surface area contributed by atoms with Gasteiger partial charge in [0.2, 0.25) is 0 Å². The van der Waals surface area contributed by atoms with E-state index in [1.54, 1.807) is 0 Å². The van der Waals surface area contributed by atoms with E-state index in [1.807, 2.05) is 11.7 Å². The van der Waals surface area contributed by atoms with Gasteiger partial charge in [0.05, 0.1) is 11.4 Å². The summed E-state index contributed by atoms with van der Waals surface area (Å²) in [7, 11) is 2.00. The molecule has 0 bridgehead atoms. The molecule has 96 valence electrons. The molecule has 0 aliphatic heterocycles. The molecule has 0 atom stereocenters. The van der Waals surface area contributed by atoms with E-state index in [0.29, 0.717) is 0 Å². The number of hydrogen-bond acceptors (Lipinski definition) is 2. The van der Waals surface area contributed by atoms with E-state index in [9.17, 15) is 0 Å². The fraction of sp³-hybridized carbons (Fsp3) is 0.357. The summed E-state index contributed by atoms with van der Waals surface area (Å²) in [6, 6.07) is 10.5. The molecule has 0 fully saturated rings. The van der Waals surface area contributed by atoms with Gasteiger partial charge in [0.25, 0.3) is 0 Å². The monoisotopic (exact) mass is 307 g/mol. The summed E-state index contributed by atoms with van der Waals surface area (Å²) in [6.45, 7) is 3.85. The number of aromatic nitrogens is 2. The molecule has 1 aromatic carbocycles. The highest BCUT2D eigenvalue weighted by atomic mass is 79.9. The van der Waals surface area contributed by atoms with Crippen LogP contribution in [0.15, 0.2) is 34.8 Å². The van der Waals surface area contributed by atoms with Gasteiger partial charge >= 0.3 is 0 Å². The molecular formula is C14H18BrN3. The molecule has 4 heteroatoms. The molecule has 3 nitrogen and oxygen atoms in total. The van der Waals surface area contributed by atoms with E-state index in [1.165, 1.54) is 11.3 Å². The predicted molar refractivity (Wildman–Crippen MR) is 77.3 cm³/mol. The van der Waals surface area contributed by atoms with Crippen molar-refractivity contribution in [2.24, 2.45) is 7.05 Å². The van der Waals surface area contributed by atoms with Crippen LogP contribution in [0, 0.1) is 0 Å². The molecule has 1 aromatic heterocycles. The van der Waals surface area contributed by atoms with Crippen LogP contribution in [-0.4, -0.2) is 9.78 Å². The average molecular weight is 308 g/mol. The predicted octanol–water partition coefficient (Wildman–Crippen LogP) is 3.03. The number of rotatable bonds is 5. The summed E-state index contributed by atoms with van der Waals surface area (Å²) in [5.41, 5.74) is 3.66. The summed E-state index contributed by atoms with van der Waals surface area (Å²) in [4.78, 5) is 0. The van der Waals surface area contributed by atoms with Crippen LogP contribution in [0.2, 0.25) is 0 Å². The molecule has 2 aromatic rings. The number of benzene rings is 1. The van der Waals surface area contributed by atoms with Crippen molar-refractivity contribution in [3.8, 4) is 0 Å². The van der Waals surface area contributed by atoms with Crippen molar-refractivity contribution >= 4 is 15.9 Å². The van der Waals surface area contributed by atoms with Crippen LogP contribution in [0.1, 0.15) is 23.9 Å². The van der Waals surface area contributed by atoms with Crippen molar-refractivity contribution in [1.29, 1.82) is 0 Å². The maximum Gasteiger partial charge on any atom is 0.0625 e. The molecule has 2 rings (SSSR count). The molecule has 0 radical (unpaired) electrons. The van der Waals surface area contributed by atoms with Crippen LogP contribution >= 0.6 is 15.9 Å². The van der Waals surface area contributed by atoms with Crippen molar-refractivity contribution in [2.45, 2.75) is 26.4 Å². The largest absolute Gasteiger partial charge is 0.307 e. The van der Waals surface area contributed by atoms with Gasteiger partial charge in [-0.1, -0.05) is 35.0 Å². The molecule has 0 saturated carbocycles. The van der Waals surface area contributed by atoms with E-state index in [0.717, 1.165) is 29.7 Å². The number of nitrogens with one attached hydrogen (secondary N) is 1. The van der Waals surface area contributed by atoms with Crippen molar-refractivity contribution in [1.82, 2.24) is 15.1 Å². The van der Waals surface area contributed by atoms with E-state index in [2.05, 4.69) is 63.6 Å². The van der Waals surface area contributed by atoms with Gasteiger partial charge in [0.1, 0.15) is 0 Å². The Morgan fingerprint density at radius 2 is 1.94 bits per heavy atom. The second-order valence-corrected chi connectivity index (χ2v) is 5.25. The van der Waals surface area contributed by atoms with Crippen molar-refractivity contribution in [2.75, 3.05) is 0 Å². The lowest BCUT2D eigenvalue weighted by Gasteiger charge is -2.05. The van der Waals surface area contributed by atoms with Gasteiger partial charge in [0, 0.05) is 24.6 Å². The van der Waals surface area contributed by atoms with Gasteiger partial charge in [-0.25, -0.2) is 0 Å². The summed E-state index contributed by atoms with van der Waals surface area (Å²) >= 11 is 3.44. The normalized spacial score (nSPS) is 10.8. The van der Waals surface area contributed by atoms with Crippen molar-refractivity contribution < 1.29 is 0 Å². The van der Waals surface area contributed by atoms with Crippen LogP contribution in [-0.2, 0) is 26.6 Å². The van der Waals surface area contributed by atoms with Crippen molar-refractivity contribution in [3.63, 3.8) is 0 Å². The highest BCUT2D eigenvalue weighted by Gasteiger charge is 2.03. The first-order valence-corrected chi connectivity index (χ1v) is 6.95. The lowest BCUT2D eigenvalue weighted by molar-refractivity contribution is 0.623. The minimum Gasteiger partial charge on any atom is -0.307 e. The molecule has 1 N–H and O–H groups in total. The second-order valence-electron chi connectivity index (χ2n) is 4.33. The van der Waals surface area contributed by atoms with E-state index < -0.39 is 0 Å². The van der Waals surface area contributed by atoms with Gasteiger partial charge in [-0.15, -0.1) is 0 Å². The molecule has 0 amide bonds. The van der Waals surface area contributed by atoms with Gasteiger partial charge in [-0.2, -0.15) is 5.10 Å². The first-order valence-electron chi connectivity index (χ1n) is 6.16. The first-order chi connectivity index (χ1) is 8.69. The highest BCUT2D eigenvalue weighted by Crippen LogP contribution is 2.10. The minimum absolute atomic E-state index is 0.847. The van der Waals surface area contributed by atoms with Crippen LogP contribution in [0.3, 0.4) is 0 Å². The highest BCUT2D eigenvalue weighted by molar-refractivity contribution is 9.10. The van der Waals surface area contributed by atoms with E-state index in [4.69, 9.17) is 0 Å². The average Bonchev–Trinajstić information content (AvgIpc) is 2.73. The van der Waals surface area contributed by atoms with Gasteiger partial charge < -0.3 is 5.32 Å². The molecule has 0 unspecified atom stereocenters.